The molecule has 1 atom stereocenters. The van der Waals surface area contributed by atoms with E-state index in [-0.39, 0.29) is 0 Å². The number of halogens is 1. The van der Waals surface area contributed by atoms with Gasteiger partial charge in [0.1, 0.15) is 5.67 Å². The van der Waals surface area contributed by atoms with E-state index in [1.807, 2.05) is 0 Å². The number of likely N-dealkylation sites (tertiary alicyclic amines) is 1. The number of alkyl halides is 1. The van der Waals surface area contributed by atoms with Crippen molar-refractivity contribution in [1.82, 2.24) is 4.90 Å². The van der Waals surface area contributed by atoms with Gasteiger partial charge in [-0.2, -0.15) is 0 Å². The standard InChI is InChI=1S/C10H18FN/c1-9(2)4-6-12-7-5-10(3,11)8-12/h4H,5-8H2,1-3H3. The van der Waals surface area contributed by atoms with Crippen molar-refractivity contribution in [3.8, 4) is 0 Å². The first kappa shape index (κ1) is 9.72. The van der Waals surface area contributed by atoms with Crippen LogP contribution in [0.2, 0.25) is 0 Å². The zero-order valence-corrected chi connectivity index (χ0v) is 8.23. The molecule has 0 aromatic rings. The molecule has 0 amide bonds. The molecule has 0 saturated carbocycles. The van der Waals surface area contributed by atoms with E-state index in [4.69, 9.17) is 0 Å². The predicted molar refractivity (Wildman–Crippen MR) is 50.0 cm³/mol. The molecule has 2 heteroatoms. The maximum Gasteiger partial charge on any atom is 0.122 e. The molecule has 1 heterocycles. The molecule has 1 rings (SSSR count). The first-order chi connectivity index (χ1) is 5.49. The molecule has 0 spiro atoms. The molecule has 1 saturated heterocycles. The van der Waals surface area contributed by atoms with E-state index in [0.717, 1.165) is 13.1 Å². The summed E-state index contributed by atoms with van der Waals surface area (Å²) in [5.41, 5.74) is 0.359. The normalized spacial score (nSPS) is 30.7. The minimum atomic E-state index is -0.949. The highest BCUT2D eigenvalue weighted by atomic mass is 19.1. The predicted octanol–water partition coefficient (Wildman–Crippen LogP) is 2.39. The molecule has 70 valence electrons. The third-order valence-electron chi connectivity index (χ3n) is 2.26. The van der Waals surface area contributed by atoms with Gasteiger partial charge >= 0.3 is 0 Å². The van der Waals surface area contributed by atoms with Crippen LogP contribution in [0, 0.1) is 0 Å². The molecule has 1 fully saturated rings. The molecule has 12 heavy (non-hydrogen) atoms. The Labute approximate surface area is 74.3 Å². The first-order valence-electron chi connectivity index (χ1n) is 4.54. The number of allylic oxidation sites excluding steroid dienone is 1. The van der Waals surface area contributed by atoms with Gasteiger partial charge in [0.15, 0.2) is 0 Å². The lowest BCUT2D eigenvalue weighted by atomic mass is 10.1. The summed E-state index contributed by atoms with van der Waals surface area (Å²) in [6.45, 7) is 8.24. The Hall–Kier alpha value is -0.370. The van der Waals surface area contributed by atoms with Crippen LogP contribution in [0.4, 0.5) is 4.39 Å². The van der Waals surface area contributed by atoms with Gasteiger partial charge in [-0.15, -0.1) is 0 Å². The molecule has 0 aromatic carbocycles. The molecule has 1 nitrogen and oxygen atoms in total. The van der Waals surface area contributed by atoms with Gasteiger partial charge in [0.2, 0.25) is 0 Å². The summed E-state index contributed by atoms with van der Waals surface area (Å²) >= 11 is 0. The van der Waals surface area contributed by atoms with Crippen molar-refractivity contribution < 1.29 is 4.39 Å². The Bertz CT molecular complexity index is 180. The van der Waals surface area contributed by atoms with Crippen molar-refractivity contribution in [2.45, 2.75) is 32.9 Å². The lowest BCUT2D eigenvalue weighted by Gasteiger charge is -2.15. The van der Waals surface area contributed by atoms with Crippen LogP contribution in [0.3, 0.4) is 0 Å². The van der Waals surface area contributed by atoms with Crippen molar-refractivity contribution in [1.29, 1.82) is 0 Å². The molecule has 0 aromatic heterocycles. The monoisotopic (exact) mass is 171 g/mol. The number of rotatable bonds is 2. The Morgan fingerprint density at radius 3 is 2.67 bits per heavy atom. The van der Waals surface area contributed by atoms with E-state index in [1.54, 1.807) is 6.92 Å². The van der Waals surface area contributed by atoms with Crippen LogP contribution in [0.1, 0.15) is 27.2 Å². The molecular formula is C10H18FN. The third kappa shape index (κ3) is 2.94. The summed E-state index contributed by atoms with van der Waals surface area (Å²) in [6.07, 6.45) is 2.84. The van der Waals surface area contributed by atoms with E-state index in [1.165, 1.54) is 5.57 Å². The molecule has 0 N–H and O–H groups in total. The second-order valence-corrected chi connectivity index (χ2v) is 4.18. The summed E-state index contributed by atoms with van der Waals surface area (Å²) < 4.78 is 13.3. The largest absolute Gasteiger partial charge is 0.296 e. The maximum atomic E-state index is 13.3. The quantitative estimate of drug-likeness (QED) is 0.577. The fourth-order valence-corrected chi connectivity index (χ4v) is 1.48. The van der Waals surface area contributed by atoms with E-state index in [0.29, 0.717) is 13.0 Å². The van der Waals surface area contributed by atoms with Crippen LogP contribution in [0.5, 0.6) is 0 Å². The zero-order chi connectivity index (χ0) is 9.19. The molecule has 0 bridgehead atoms. The first-order valence-corrected chi connectivity index (χ1v) is 4.54. The highest BCUT2D eigenvalue weighted by Crippen LogP contribution is 2.24. The van der Waals surface area contributed by atoms with Gasteiger partial charge in [0.05, 0.1) is 0 Å². The molecule has 1 unspecified atom stereocenters. The molecule has 1 aliphatic rings. The minimum Gasteiger partial charge on any atom is -0.296 e. The SMILES string of the molecule is CC(C)=CCN1CCC(C)(F)C1. The fourth-order valence-electron chi connectivity index (χ4n) is 1.48. The zero-order valence-electron chi connectivity index (χ0n) is 8.23. The lowest BCUT2D eigenvalue weighted by Crippen LogP contribution is -2.26. The van der Waals surface area contributed by atoms with Crippen LogP contribution in [0.25, 0.3) is 0 Å². The number of hydrogen-bond donors (Lipinski definition) is 0. The fraction of sp³-hybridized carbons (Fsp3) is 0.800. The second-order valence-electron chi connectivity index (χ2n) is 4.18. The van der Waals surface area contributed by atoms with Gasteiger partial charge < -0.3 is 0 Å². The number of nitrogens with zero attached hydrogens (tertiary/aromatic N) is 1. The Morgan fingerprint density at radius 2 is 2.25 bits per heavy atom. The van der Waals surface area contributed by atoms with Gasteiger partial charge in [-0.25, -0.2) is 4.39 Å². The van der Waals surface area contributed by atoms with Crippen LogP contribution in [0.15, 0.2) is 11.6 Å². The van der Waals surface area contributed by atoms with E-state index in [2.05, 4.69) is 24.8 Å². The molecular weight excluding hydrogens is 153 g/mol. The van der Waals surface area contributed by atoms with E-state index < -0.39 is 5.67 Å². The van der Waals surface area contributed by atoms with Crippen LogP contribution in [-0.4, -0.2) is 30.2 Å². The Morgan fingerprint density at radius 1 is 1.58 bits per heavy atom. The average Bonchev–Trinajstić information content (AvgIpc) is 2.26. The molecule has 1 aliphatic heterocycles. The maximum absolute atomic E-state index is 13.3. The second kappa shape index (κ2) is 3.56. The molecule has 0 radical (unpaired) electrons. The lowest BCUT2D eigenvalue weighted by molar-refractivity contribution is 0.193. The van der Waals surface area contributed by atoms with Crippen molar-refractivity contribution in [2.75, 3.05) is 19.6 Å². The van der Waals surface area contributed by atoms with Crippen LogP contribution >= 0.6 is 0 Å². The van der Waals surface area contributed by atoms with Crippen LogP contribution in [-0.2, 0) is 0 Å². The van der Waals surface area contributed by atoms with Gasteiger partial charge in [-0.05, 0) is 27.2 Å². The molecule has 0 aliphatic carbocycles. The summed E-state index contributed by atoms with van der Waals surface area (Å²) in [4.78, 5) is 2.16. The highest BCUT2D eigenvalue weighted by molar-refractivity contribution is 4.97. The minimum absolute atomic E-state index is 0.594. The van der Waals surface area contributed by atoms with Gasteiger partial charge in [0, 0.05) is 19.6 Å². The average molecular weight is 171 g/mol. The van der Waals surface area contributed by atoms with Gasteiger partial charge in [-0.3, -0.25) is 4.90 Å². The van der Waals surface area contributed by atoms with Gasteiger partial charge in [-0.1, -0.05) is 11.6 Å². The summed E-state index contributed by atoms with van der Waals surface area (Å²) in [6, 6.07) is 0. The highest BCUT2D eigenvalue weighted by Gasteiger charge is 2.32. The van der Waals surface area contributed by atoms with Crippen molar-refractivity contribution in [3.05, 3.63) is 11.6 Å². The summed E-state index contributed by atoms with van der Waals surface area (Å²) in [7, 11) is 0. The van der Waals surface area contributed by atoms with Gasteiger partial charge in [0.25, 0.3) is 0 Å². The summed E-state index contributed by atoms with van der Waals surface area (Å²) in [5, 5.41) is 0. The van der Waals surface area contributed by atoms with Crippen molar-refractivity contribution >= 4 is 0 Å². The third-order valence-corrected chi connectivity index (χ3v) is 2.26. The van der Waals surface area contributed by atoms with Crippen molar-refractivity contribution in [3.63, 3.8) is 0 Å². The summed E-state index contributed by atoms with van der Waals surface area (Å²) in [5.74, 6) is 0. The topological polar surface area (TPSA) is 3.24 Å². The Kier molecular flexibility index (Phi) is 2.89. The smallest absolute Gasteiger partial charge is 0.122 e. The van der Waals surface area contributed by atoms with E-state index in [9.17, 15) is 4.39 Å². The number of hydrogen-bond acceptors (Lipinski definition) is 1. The van der Waals surface area contributed by atoms with Crippen LogP contribution < -0.4 is 0 Å². The Balaban J connectivity index is 2.34. The van der Waals surface area contributed by atoms with Crippen molar-refractivity contribution in [2.24, 2.45) is 0 Å². The van der Waals surface area contributed by atoms with E-state index >= 15 is 0 Å².